The van der Waals surface area contributed by atoms with Gasteiger partial charge in [-0.15, -0.1) is 0 Å². The summed E-state index contributed by atoms with van der Waals surface area (Å²) in [4.78, 5) is 25.3. The van der Waals surface area contributed by atoms with E-state index >= 15 is 0 Å². The first kappa shape index (κ1) is 19.8. The molecule has 4 rings (SSSR count). The molecule has 0 aliphatic carbocycles. The minimum absolute atomic E-state index is 0.370. The van der Waals surface area contributed by atoms with E-state index in [9.17, 15) is 10.1 Å². The van der Waals surface area contributed by atoms with Crippen molar-refractivity contribution in [2.45, 2.75) is 12.5 Å². The molecule has 152 valence electrons. The van der Waals surface area contributed by atoms with E-state index in [4.69, 9.17) is 9.72 Å². The van der Waals surface area contributed by atoms with Crippen molar-refractivity contribution < 1.29 is 14.4 Å². The normalized spacial score (nSPS) is 15.5. The van der Waals surface area contributed by atoms with Crippen molar-refractivity contribution in [3.63, 3.8) is 0 Å². The Hall–Kier alpha value is -3.50. The van der Waals surface area contributed by atoms with Gasteiger partial charge in [0.25, 0.3) is 0 Å². The molecule has 1 atom stereocenters. The van der Waals surface area contributed by atoms with Gasteiger partial charge in [-0.2, -0.15) is 5.26 Å². The predicted octanol–water partition coefficient (Wildman–Crippen LogP) is 1.32. The zero-order valence-electron chi connectivity index (χ0n) is 16.9. The van der Waals surface area contributed by atoms with Crippen LogP contribution in [0, 0.1) is 11.3 Å². The first-order valence-electron chi connectivity index (χ1n) is 10.1. The van der Waals surface area contributed by atoms with E-state index in [-0.39, 0.29) is 0 Å². The number of anilines is 1. The SMILES string of the molecule is COC(=O)[C@@H](C#N)c1nc2ccccc2nc1N1CC[NH+](Cc2ccccc2)CC1. The molecule has 1 aromatic heterocycles. The highest BCUT2D eigenvalue weighted by molar-refractivity contribution is 5.85. The lowest BCUT2D eigenvalue weighted by atomic mass is 10.1. The number of nitrogens with one attached hydrogen (secondary N) is 1. The molecule has 7 heteroatoms. The Morgan fingerprint density at radius 2 is 1.73 bits per heavy atom. The van der Waals surface area contributed by atoms with Crippen molar-refractivity contribution in [1.29, 1.82) is 5.26 Å². The van der Waals surface area contributed by atoms with Crippen LogP contribution >= 0.6 is 0 Å². The molecule has 2 heterocycles. The van der Waals surface area contributed by atoms with Crippen LogP contribution in [0.25, 0.3) is 11.0 Å². The summed E-state index contributed by atoms with van der Waals surface area (Å²) in [7, 11) is 1.28. The van der Waals surface area contributed by atoms with Gasteiger partial charge in [-0.1, -0.05) is 42.5 Å². The van der Waals surface area contributed by atoms with Gasteiger partial charge in [0.1, 0.15) is 12.2 Å². The second-order valence-corrected chi connectivity index (χ2v) is 7.41. The smallest absolute Gasteiger partial charge is 0.329 e. The van der Waals surface area contributed by atoms with E-state index in [1.165, 1.54) is 17.6 Å². The third-order valence-corrected chi connectivity index (χ3v) is 5.48. The summed E-state index contributed by atoms with van der Waals surface area (Å²) in [5.41, 5.74) is 3.10. The molecular formula is C23H24N5O2+. The number of piperazine rings is 1. The Kier molecular flexibility index (Phi) is 5.87. The lowest BCUT2D eigenvalue weighted by Gasteiger charge is -2.34. The molecule has 3 aromatic rings. The molecule has 0 unspecified atom stereocenters. The van der Waals surface area contributed by atoms with Crippen molar-refractivity contribution in [1.82, 2.24) is 9.97 Å². The second-order valence-electron chi connectivity index (χ2n) is 7.41. The molecule has 0 radical (unpaired) electrons. The monoisotopic (exact) mass is 402 g/mol. The first-order valence-corrected chi connectivity index (χ1v) is 10.1. The van der Waals surface area contributed by atoms with Gasteiger partial charge in [0.2, 0.25) is 0 Å². The summed E-state index contributed by atoms with van der Waals surface area (Å²) in [6.07, 6.45) is 0. The maximum Gasteiger partial charge on any atom is 0.329 e. The molecule has 7 nitrogen and oxygen atoms in total. The number of hydrogen-bond acceptors (Lipinski definition) is 6. The third-order valence-electron chi connectivity index (χ3n) is 5.48. The Balaban J connectivity index is 1.61. The molecule has 1 aliphatic heterocycles. The first-order chi connectivity index (χ1) is 14.7. The number of nitriles is 1. The summed E-state index contributed by atoms with van der Waals surface area (Å²) in [5, 5.41) is 9.64. The van der Waals surface area contributed by atoms with Crippen LogP contribution in [0.4, 0.5) is 5.82 Å². The Morgan fingerprint density at radius 1 is 1.10 bits per heavy atom. The number of hydrogen-bond donors (Lipinski definition) is 1. The fraction of sp³-hybridized carbons (Fsp3) is 0.304. The molecule has 2 aromatic carbocycles. The van der Waals surface area contributed by atoms with Crippen molar-refractivity contribution in [2.75, 3.05) is 38.2 Å². The number of nitrogens with zero attached hydrogens (tertiary/aromatic N) is 4. The van der Waals surface area contributed by atoms with Crippen LogP contribution < -0.4 is 9.80 Å². The number of quaternary nitrogens is 1. The minimum atomic E-state index is -1.10. The molecule has 30 heavy (non-hydrogen) atoms. The van der Waals surface area contributed by atoms with Gasteiger partial charge in [0, 0.05) is 5.56 Å². The number of methoxy groups -OCH3 is 1. The number of para-hydroxylation sites is 2. The molecule has 0 amide bonds. The number of rotatable bonds is 5. The molecule has 0 spiro atoms. The minimum Gasteiger partial charge on any atom is -0.468 e. The van der Waals surface area contributed by atoms with Gasteiger partial charge in [0.15, 0.2) is 11.7 Å². The van der Waals surface area contributed by atoms with Gasteiger partial charge in [-0.05, 0) is 12.1 Å². The van der Waals surface area contributed by atoms with Crippen LogP contribution in [0.1, 0.15) is 17.2 Å². The Bertz CT molecular complexity index is 1070. The lowest BCUT2D eigenvalue weighted by Crippen LogP contribution is -3.13. The highest BCUT2D eigenvalue weighted by Gasteiger charge is 2.31. The highest BCUT2D eigenvalue weighted by atomic mass is 16.5. The number of ether oxygens (including phenoxy) is 1. The van der Waals surface area contributed by atoms with Gasteiger partial charge in [-0.25, -0.2) is 9.97 Å². The highest BCUT2D eigenvalue weighted by Crippen LogP contribution is 2.27. The molecule has 0 saturated carbocycles. The quantitative estimate of drug-likeness (QED) is 0.648. The second kappa shape index (κ2) is 8.89. The van der Waals surface area contributed by atoms with Crippen molar-refractivity contribution >= 4 is 22.8 Å². The van der Waals surface area contributed by atoms with E-state index in [1.54, 1.807) is 0 Å². The number of carbonyl (C=O) groups excluding carboxylic acids is 1. The number of aromatic nitrogens is 2. The Morgan fingerprint density at radius 3 is 2.37 bits per heavy atom. The maximum absolute atomic E-state index is 12.2. The van der Waals surface area contributed by atoms with Crippen LogP contribution in [0.5, 0.6) is 0 Å². The van der Waals surface area contributed by atoms with Crippen LogP contribution in [-0.4, -0.2) is 49.2 Å². The van der Waals surface area contributed by atoms with Gasteiger partial charge in [0.05, 0.1) is 50.4 Å². The Labute approximate surface area is 175 Å². The van der Waals surface area contributed by atoms with Crippen molar-refractivity contribution in [2.24, 2.45) is 0 Å². The van der Waals surface area contributed by atoms with E-state index < -0.39 is 11.9 Å². The van der Waals surface area contributed by atoms with E-state index in [2.05, 4.69) is 34.1 Å². The maximum atomic E-state index is 12.2. The van der Waals surface area contributed by atoms with E-state index in [0.717, 1.165) is 38.2 Å². The number of benzene rings is 2. The van der Waals surface area contributed by atoms with Crippen LogP contribution in [0.3, 0.4) is 0 Å². The average molecular weight is 402 g/mol. The summed E-state index contributed by atoms with van der Waals surface area (Å²) in [5.74, 6) is -1.11. The average Bonchev–Trinajstić information content (AvgIpc) is 2.80. The fourth-order valence-corrected chi connectivity index (χ4v) is 3.87. The molecular weight excluding hydrogens is 378 g/mol. The van der Waals surface area contributed by atoms with Gasteiger partial charge >= 0.3 is 5.97 Å². The summed E-state index contributed by atoms with van der Waals surface area (Å²) in [6, 6.07) is 20.0. The topological polar surface area (TPSA) is 83.5 Å². The van der Waals surface area contributed by atoms with E-state index in [1.807, 2.05) is 36.4 Å². The fourth-order valence-electron chi connectivity index (χ4n) is 3.87. The zero-order chi connectivity index (χ0) is 20.9. The summed E-state index contributed by atoms with van der Waals surface area (Å²) >= 11 is 0. The number of esters is 1. The number of fused-ring (bicyclic) bond motifs is 1. The predicted molar refractivity (Wildman–Crippen MR) is 113 cm³/mol. The third kappa shape index (κ3) is 4.09. The van der Waals surface area contributed by atoms with Gasteiger partial charge in [-0.3, -0.25) is 4.79 Å². The van der Waals surface area contributed by atoms with E-state index in [0.29, 0.717) is 17.0 Å². The lowest BCUT2D eigenvalue weighted by molar-refractivity contribution is -0.914. The summed E-state index contributed by atoms with van der Waals surface area (Å²) in [6.45, 7) is 4.42. The van der Waals surface area contributed by atoms with Crippen LogP contribution in [0.2, 0.25) is 0 Å². The zero-order valence-corrected chi connectivity index (χ0v) is 16.9. The summed E-state index contributed by atoms with van der Waals surface area (Å²) < 4.78 is 4.84. The van der Waals surface area contributed by atoms with Gasteiger partial charge < -0.3 is 14.5 Å². The molecule has 1 N–H and O–H groups in total. The van der Waals surface area contributed by atoms with Crippen molar-refractivity contribution in [3.05, 3.63) is 65.9 Å². The van der Waals surface area contributed by atoms with Crippen LogP contribution in [-0.2, 0) is 16.1 Å². The molecule has 0 bridgehead atoms. The molecule has 1 fully saturated rings. The molecule has 1 aliphatic rings. The molecule has 1 saturated heterocycles. The van der Waals surface area contributed by atoms with Crippen LogP contribution in [0.15, 0.2) is 54.6 Å². The van der Waals surface area contributed by atoms with Crippen molar-refractivity contribution in [3.8, 4) is 6.07 Å². The standard InChI is InChI=1S/C23H23N5O2/c1-30-23(29)18(15-24)21-22(26-20-10-6-5-9-19(20)25-21)28-13-11-27(12-14-28)16-17-7-3-2-4-8-17/h2-10,18H,11-14,16H2,1H3/p+1/t18-/m0/s1. The largest absolute Gasteiger partial charge is 0.468 e. The number of carbonyl (C=O) groups is 1.